The predicted octanol–water partition coefficient (Wildman–Crippen LogP) is 4.05. The molecule has 0 spiro atoms. The Balaban J connectivity index is 2.23. The van der Waals surface area contributed by atoms with Gasteiger partial charge in [0.05, 0.1) is 23.2 Å². The molecule has 102 valence electrons. The van der Waals surface area contributed by atoms with Gasteiger partial charge in [-0.3, -0.25) is 0 Å². The number of ether oxygens (including phenoxy) is 2. The van der Waals surface area contributed by atoms with Crippen LogP contribution >= 0.6 is 15.9 Å². The predicted molar refractivity (Wildman–Crippen MR) is 76.1 cm³/mol. The number of halogens is 2. The molecule has 3 nitrogen and oxygen atoms in total. The lowest BCUT2D eigenvalue weighted by atomic mass is 10.2. The van der Waals surface area contributed by atoms with E-state index in [9.17, 15) is 4.39 Å². The molecule has 2 rings (SSSR count). The molecular weight excluding hydrogens is 325 g/mol. The molecule has 0 saturated heterocycles. The van der Waals surface area contributed by atoms with Crippen LogP contribution in [0.3, 0.4) is 0 Å². The third-order valence-electron chi connectivity index (χ3n) is 2.63. The molecule has 0 fully saturated rings. The fourth-order valence-corrected chi connectivity index (χ4v) is 2.26. The molecule has 0 heterocycles. The maximum Gasteiger partial charge on any atom is 0.175 e. The summed E-state index contributed by atoms with van der Waals surface area (Å²) in [6, 6.07) is 11.4. The first-order valence-corrected chi connectivity index (χ1v) is 6.58. The first kappa shape index (κ1) is 14.4. The first-order valence-electron chi connectivity index (χ1n) is 5.79. The molecule has 0 aliphatic heterocycles. The molecule has 0 N–H and O–H groups in total. The van der Waals surface area contributed by atoms with Crippen LogP contribution in [-0.4, -0.2) is 7.11 Å². The van der Waals surface area contributed by atoms with Crippen molar-refractivity contribution in [3.63, 3.8) is 0 Å². The van der Waals surface area contributed by atoms with Crippen molar-refractivity contribution in [3.05, 3.63) is 57.8 Å². The summed E-state index contributed by atoms with van der Waals surface area (Å²) < 4.78 is 24.6. The highest BCUT2D eigenvalue weighted by molar-refractivity contribution is 9.10. The summed E-state index contributed by atoms with van der Waals surface area (Å²) in [4.78, 5) is 0. The molecule has 0 saturated carbocycles. The quantitative estimate of drug-likeness (QED) is 0.846. The summed E-state index contributed by atoms with van der Waals surface area (Å²) >= 11 is 3.34. The second kappa shape index (κ2) is 6.40. The van der Waals surface area contributed by atoms with Crippen LogP contribution < -0.4 is 9.47 Å². The van der Waals surface area contributed by atoms with Gasteiger partial charge in [0.25, 0.3) is 0 Å². The van der Waals surface area contributed by atoms with Gasteiger partial charge in [0.2, 0.25) is 0 Å². The van der Waals surface area contributed by atoms with E-state index in [-0.39, 0.29) is 12.4 Å². The number of nitriles is 1. The summed E-state index contributed by atoms with van der Waals surface area (Å²) in [6.07, 6.45) is 0. The highest BCUT2D eigenvalue weighted by Crippen LogP contribution is 2.37. The van der Waals surface area contributed by atoms with Gasteiger partial charge in [-0.05, 0) is 39.7 Å². The Labute approximate surface area is 124 Å². The molecule has 0 aliphatic carbocycles. The normalized spacial score (nSPS) is 9.90. The number of nitrogens with zero attached hydrogens (tertiary/aromatic N) is 1. The van der Waals surface area contributed by atoms with Crippen LogP contribution in [0.4, 0.5) is 4.39 Å². The minimum atomic E-state index is -0.308. The van der Waals surface area contributed by atoms with E-state index in [0.717, 1.165) is 0 Å². The highest BCUT2D eigenvalue weighted by Gasteiger charge is 2.12. The van der Waals surface area contributed by atoms with E-state index in [2.05, 4.69) is 15.9 Å². The van der Waals surface area contributed by atoms with Gasteiger partial charge in [0, 0.05) is 6.07 Å². The molecule has 0 aliphatic rings. The summed E-state index contributed by atoms with van der Waals surface area (Å²) in [7, 11) is 1.50. The second-order valence-electron chi connectivity index (χ2n) is 4.02. The average Bonchev–Trinajstić information content (AvgIpc) is 2.45. The van der Waals surface area contributed by atoms with Gasteiger partial charge in [-0.1, -0.05) is 12.1 Å². The number of rotatable bonds is 4. The maximum atomic E-state index is 13.1. The van der Waals surface area contributed by atoms with Crippen molar-refractivity contribution in [1.82, 2.24) is 0 Å². The fraction of sp³-hybridized carbons (Fsp3) is 0.133. The van der Waals surface area contributed by atoms with E-state index in [4.69, 9.17) is 14.7 Å². The Kier molecular flexibility index (Phi) is 4.59. The van der Waals surface area contributed by atoms with Crippen LogP contribution in [0.2, 0.25) is 0 Å². The van der Waals surface area contributed by atoms with E-state index < -0.39 is 0 Å². The van der Waals surface area contributed by atoms with Crippen molar-refractivity contribution in [2.24, 2.45) is 0 Å². The number of benzene rings is 2. The van der Waals surface area contributed by atoms with E-state index in [1.165, 1.54) is 19.2 Å². The van der Waals surface area contributed by atoms with Gasteiger partial charge in [-0.2, -0.15) is 5.26 Å². The van der Waals surface area contributed by atoms with Gasteiger partial charge in [-0.15, -0.1) is 0 Å². The lowest BCUT2D eigenvalue weighted by Crippen LogP contribution is -1.99. The molecule has 20 heavy (non-hydrogen) atoms. The molecule has 5 heteroatoms. The zero-order valence-corrected chi connectivity index (χ0v) is 12.3. The highest BCUT2D eigenvalue weighted by atomic mass is 79.9. The molecule has 2 aromatic carbocycles. The average molecular weight is 336 g/mol. The van der Waals surface area contributed by atoms with Crippen LogP contribution in [0.15, 0.2) is 40.9 Å². The van der Waals surface area contributed by atoms with Crippen LogP contribution in [0.5, 0.6) is 11.5 Å². The molecule has 0 radical (unpaired) electrons. The van der Waals surface area contributed by atoms with E-state index in [0.29, 0.717) is 27.1 Å². The molecule has 0 amide bonds. The Hall–Kier alpha value is -2.06. The van der Waals surface area contributed by atoms with Crippen molar-refractivity contribution >= 4 is 15.9 Å². The van der Waals surface area contributed by atoms with E-state index >= 15 is 0 Å². The zero-order valence-electron chi connectivity index (χ0n) is 10.7. The number of hydrogen-bond acceptors (Lipinski definition) is 3. The minimum Gasteiger partial charge on any atom is -0.493 e. The zero-order chi connectivity index (χ0) is 14.5. The van der Waals surface area contributed by atoms with E-state index in [1.54, 1.807) is 24.3 Å². The fourth-order valence-electron chi connectivity index (χ4n) is 1.71. The summed E-state index contributed by atoms with van der Waals surface area (Å²) in [6.45, 7) is 0.207. The molecule has 0 bridgehead atoms. The van der Waals surface area contributed by atoms with Gasteiger partial charge < -0.3 is 9.47 Å². The molecular formula is C15H11BrFNO2. The first-order chi connectivity index (χ1) is 9.63. The smallest absolute Gasteiger partial charge is 0.175 e. The van der Waals surface area contributed by atoms with Gasteiger partial charge in [-0.25, -0.2) is 4.39 Å². The van der Waals surface area contributed by atoms with Crippen LogP contribution in [0.1, 0.15) is 11.1 Å². The molecule has 0 atom stereocenters. The third kappa shape index (κ3) is 3.28. The Morgan fingerprint density at radius 2 is 2.10 bits per heavy atom. The largest absolute Gasteiger partial charge is 0.493 e. The van der Waals surface area contributed by atoms with Crippen molar-refractivity contribution in [3.8, 4) is 17.6 Å². The summed E-state index contributed by atoms with van der Waals surface area (Å²) in [5, 5.41) is 8.90. The van der Waals surface area contributed by atoms with Crippen molar-refractivity contribution in [2.75, 3.05) is 7.11 Å². The standard InChI is InChI=1S/C15H11BrFNO2/c1-19-14-7-11(8-18)6-13(16)15(14)20-9-10-3-2-4-12(17)5-10/h2-7H,9H2,1H3. The van der Waals surface area contributed by atoms with Crippen LogP contribution in [-0.2, 0) is 6.61 Å². The molecule has 0 unspecified atom stereocenters. The third-order valence-corrected chi connectivity index (χ3v) is 3.22. The van der Waals surface area contributed by atoms with Gasteiger partial charge >= 0.3 is 0 Å². The van der Waals surface area contributed by atoms with Crippen LogP contribution in [0.25, 0.3) is 0 Å². The SMILES string of the molecule is COc1cc(C#N)cc(Br)c1OCc1cccc(F)c1. The molecule has 2 aromatic rings. The second-order valence-corrected chi connectivity index (χ2v) is 4.87. The van der Waals surface area contributed by atoms with Gasteiger partial charge in [0.1, 0.15) is 12.4 Å². The van der Waals surface area contributed by atoms with Crippen molar-refractivity contribution in [1.29, 1.82) is 5.26 Å². The monoisotopic (exact) mass is 335 g/mol. The number of methoxy groups -OCH3 is 1. The lowest BCUT2D eigenvalue weighted by molar-refractivity contribution is 0.282. The van der Waals surface area contributed by atoms with Crippen molar-refractivity contribution in [2.45, 2.75) is 6.61 Å². The number of hydrogen-bond donors (Lipinski definition) is 0. The topological polar surface area (TPSA) is 42.2 Å². The van der Waals surface area contributed by atoms with Crippen molar-refractivity contribution < 1.29 is 13.9 Å². The Morgan fingerprint density at radius 3 is 2.75 bits per heavy atom. The van der Waals surface area contributed by atoms with Crippen LogP contribution in [0, 0.1) is 17.1 Å². The van der Waals surface area contributed by atoms with Gasteiger partial charge in [0.15, 0.2) is 11.5 Å². The summed E-state index contributed by atoms with van der Waals surface area (Å²) in [5.41, 5.74) is 1.18. The summed E-state index contributed by atoms with van der Waals surface area (Å²) in [5.74, 6) is 0.625. The lowest BCUT2D eigenvalue weighted by Gasteiger charge is -2.13. The minimum absolute atomic E-state index is 0.207. The Morgan fingerprint density at radius 1 is 1.30 bits per heavy atom. The van der Waals surface area contributed by atoms with E-state index in [1.807, 2.05) is 6.07 Å². The Bertz CT molecular complexity index is 667. The molecule has 0 aromatic heterocycles. The maximum absolute atomic E-state index is 13.1.